The summed E-state index contributed by atoms with van der Waals surface area (Å²) in [6.45, 7) is 11.7. The molecule has 2 atom stereocenters. The first-order valence-electron chi connectivity index (χ1n) is 8.38. The van der Waals surface area contributed by atoms with Gasteiger partial charge in [0.1, 0.15) is 0 Å². The number of piperidine rings is 2. The Bertz CT molecular complexity index is 330. The third kappa shape index (κ3) is 4.22. The van der Waals surface area contributed by atoms with Gasteiger partial charge in [-0.05, 0) is 78.1 Å². The molecule has 0 bridgehead atoms. The van der Waals surface area contributed by atoms with Crippen molar-refractivity contribution in [1.29, 1.82) is 0 Å². The van der Waals surface area contributed by atoms with Crippen molar-refractivity contribution in [2.45, 2.75) is 70.8 Å². The fourth-order valence-electron chi connectivity index (χ4n) is 3.58. The molecule has 2 aliphatic heterocycles. The topological polar surface area (TPSA) is 6.48 Å². The number of halogens is 1. The maximum absolute atomic E-state index is 6.51. The van der Waals surface area contributed by atoms with Gasteiger partial charge >= 0.3 is 0 Å². The lowest BCUT2D eigenvalue weighted by Gasteiger charge is -2.38. The summed E-state index contributed by atoms with van der Waals surface area (Å²) in [7, 11) is 0. The van der Waals surface area contributed by atoms with E-state index in [-0.39, 0.29) is 5.50 Å². The van der Waals surface area contributed by atoms with Crippen molar-refractivity contribution in [2.24, 2.45) is 0 Å². The average molecular weight is 299 g/mol. The van der Waals surface area contributed by atoms with Crippen molar-refractivity contribution in [3.8, 4) is 0 Å². The second-order valence-corrected chi connectivity index (χ2v) is 7.20. The Morgan fingerprint density at radius 1 is 1.05 bits per heavy atom. The van der Waals surface area contributed by atoms with Crippen LogP contribution in [0, 0.1) is 0 Å². The second-order valence-electron chi connectivity index (χ2n) is 6.70. The second kappa shape index (κ2) is 7.82. The lowest BCUT2D eigenvalue weighted by molar-refractivity contribution is 0.170. The van der Waals surface area contributed by atoms with E-state index in [1.54, 1.807) is 5.57 Å². The van der Waals surface area contributed by atoms with Crippen LogP contribution in [0.1, 0.15) is 59.3 Å². The SMILES string of the molecule is CC(C)=C(CN1CCCCC1Cl)C(C)N1CCCCC1. The highest BCUT2D eigenvalue weighted by Crippen LogP contribution is 2.25. The van der Waals surface area contributed by atoms with Crippen molar-refractivity contribution in [3.63, 3.8) is 0 Å². The predicted molar refractivity (Wildman–Crippen MR) is 88.3 cm³/mol. The van der Waals surface area contributed by atoms with Gasteiger partial charge < -0.3 is 0 Å². The molecule has 0 aromatic carbocycles. The van der Waals surface area contributed by atoms with Crippen LogP contribution in [0.4, 0.5) is 0 Å². The Hall–Kier alpha value is -0.0500. The van der Waals surface area contributed by atoms with E-state index in [0.29, 0.717) is 6.04 Å². The maximum Gasteiger partial charge on any atom is 0.0853 e. The Kier molecular flexibility index (Phi) is 6.38. The largest absolute Gasteiger partial charge is 0.297 e. The van der Waals surface area contributed by atoms with Crippen LogP contribution >= 0.6 is 11.6 Å². The minimum absolute atomic E-state index is 0.242. The summed E-state index contributed by atoms with van der Waals surface area (Å²) in [5.41, 5.74) is 3.32. The van der Waals surface area contributed by atoms with E-state index in [1.807, 2.05) is 0 Å². The van der Waals surface area contributed by atoms with Gasteiger partial charge in [0.25, 0.3) is 0 Å². The van der Waals surface area contributed by atoms with E-state index < -0.39 is 0 Å². The van der Waals surface area contributed by atoms with Crippen molar-refractivity contribution >= 4 is 11.6 Å². The standard InChI is InChI=1S/C17H31ClN2/c1-14(2)16(13-20-12-8-5-9-17(20)18)15(3)19-10-6-4-7-11-19/h15,17H,4-13H2,1-3H3. The van der Waals surface area contributed by atoms with Crippen molar-refractivity contribution < 1.29 is 0 Å². The summed E-state index contributed by atoms with van der Waals surface area (Å²) in [6.07, 6.45) is 7.87. The molecular weight excluding hydrogens is 268 g/mol. The maximum atomic E-state index is 6.51. The van der Waals surface area contributed by atoms with E-state index in [1.165, 1.54) is 50.8 Å². The molecule has 2 rings (SSSR count). The van der Waals surface area contributed by atoms with Gasteiger partial charge in [0.2, 0.25) is 0 Å². The third-order valence-electron chi connectivity index (χ3n) is 4.99. The molecule has 0 saturated carbocycles. The molecule has 2 saturated heterocycles. The summed E-state index contributed by atoms with van der Waals surface area (Å²) in [5.74, 6) is 0. The molecular formula is C17H31ClN2. The van der Waals surface area contributed by atoms with Crippen LogP contribution in [-0.2, 0) is 0 Å². The molecule has 0 aromatic heterocycles. The molecule has 2 aliphatic rings. The highest BCUT2D eigenvalue weighted by atomic mass is 35.5. The summed E-state index contributed by atoms with van der Waals surface area (Å²) in [5, 5.41) is 0. The fourth-order valence-corrected chi connectivity index (χ4v) is 3.90. The normalized spacial score (nSPS) is 27.3. The quantitative estimate of drug-likeness (QED) is 0.435. The number of alkyl halides is 1. The van der Waals surface area contributed by atoms with Gasteiger partial charge in [-0.3, -0.25) is 9.80 Å². The van der Waals surface area contributed by atoms with Gasteiger partial charge in [0.05, 0.1) is 5.50 Å². The Labute approximate surface area is 130 Å². The van der Waals surface area contributed by atoms with Crippen molar-refractivity contribution in [3.05, 3.63) is 11.1 Å². The Morgan fingerprint density at radius 2 is 1.70 bits per heavy atom. The van der Waals surface area contributed by atoms with E-state index >= 15 is 0 Å². The summed E-state index contributed by atoms with van der Waals surface area (Å²) in [4.78, 5) is 5.15. The van der Waals surface area contributed by atoms with E-state index in [4.69, 9.17) is 11.6 Å². The van der Waals surface area contributed by atoms with Gasteiger partial charge in [-0.1, -0.05) is 12.0 Å². The van der Waals surface area contributed by atoms with Crippen LogP contribution in [-0.4, -0.2) is 47.5 Å². The molecule has 0 radical (unpaired) electrons. The summed E-state index contributed by atoms with van der Waals surface area (Å²) < 4.78 is 0. The van der Waals surface area contributed by atoms with Crippen LogP contribution < -0.4 is 0 Å². The summed E-state index contributed by atoms with van der Waals surface area (Å²) in [6, 6.07) is 0.575. The number of hydrogen-bond acceptors (Lipinski definition) is 2. The number of likely N-dealkylation sites (tertiary alicyclic amines) is 2. The van der Waals surface area contributed by atoms with E-state index in [2.05, 4.69) is 30.6 Å². The Morgan fingerprint density at radius 3 is 2.30 bits per heavy atom. The zero-order valence-electron chi connectivity index (χ0n) is 13.5. The molecule has 3 heteroatoms. The average Bonchev–Trinajstić information content (AvgIpc) is 2.46. The number of allylic oxidation sites excluding steroid dienone is 1. The first-order chi connectivity index (χ1) is 9.59. The molecule has 2 fully saturated rings. The van der Waals surface area contributed by atoms with Crippen LogP contribution in [0.25, 0.3) is 0 Å². The van der Waals surface area contributed by atoms with Gasteiger partial charge in [0.15, 0.2) is 0 Å². The Balaban J connectivity index is 2.01. The molecule has 0 aliphatic carbocycles. The lowest BCUT2D eigenvalue weighted by atomic mass is 9.98. The minimum atomic E-state index is 0.242. The zero-order chi connectivity index (χ0) is 14.5. The molecule has 0 spiro atoms. The molecule has 0 N–H and O–H groups in total. The first-order valence-corrected chi connectivity index (χ1v) is 8.81. The van der Waals surface area contributed by atoms with Gasteiger partial charge in [-0.25, -0.2) is 0 Å². The first kappa shape index (κ1) is 16.3. The van der Waals surface area contributed by atoms with E-state index in [9.17, 15) is 0 Å². The minimum Gasteiger partial charge on any atom is -0.297 e. The lowest BCUT2D eigenvalue weighted by Crippen LogP contribution is -2.44. The smallest absolute Gasteiger partial charge is 0.0853 e. The predicted octanol–water partition coefficient (Wildman–Crippen LogP) is 4.25. The van der Waals surface area contributed by atoms with Crippen LogP contribution in [0.3, 0.4) is 0 Å². The van der Waals surface area contributed by atoms with Crippen LogP contribution in [0.15, 0.2) is 11.1 Å². The van der Waals surface area contributed by atoms with Gasteiger partial charge in [-0.2, -0.15) is 0 Å². The molecule has 0 amide bonds. The van der Waals surface area contributed by atoms with Gasteiger partial charge in [-0.15, -0.1) is 11.6 Å². The molecule has 2 nitrogen and oxygen atoms in total. The number of rotatable bonds is 4. The molecule has 2 heterocycles. The number of hydrogen-bond donors (Lipinski definition) is 0. The molecule has 0 aromatic rings. The molecule has 2 unspecified atom stereocenters. The highest BCUT2D eigenvalue weighted by molar-refractivity contribution is 6.20. The van der Waals surface area contributed by atoms with Crippen LogP contribution in [0.5, 0.6) is 0 Å². The van der Waals surface area contributed by atoms with E-state index in [0.717, 1.165) is 19.5 Å². The highest BCUT2D eigenvalue weighted by Gasteiger charge is 2.26. The summed E-state index contributed by atoms with van der Waals surface area (Å²) >= 11 is 6.51. The third-order valence-corrected chi connectivity index (χ3v) is 5.49. The molecule has 20 heavy (non-hydrogen) atoms. The number of nitrogens with zero attached hydrogens (tertiary/aromatic N) is 2. The van der Waals surface area contributed by atoms with Crippen LogP contribution in [0.2, 0.25) is 0 Å². The zero-order valence-corrected chi connectivity index (χ0v) is 14.3. The van der Waals surface area contributed by atoms with Crippen molar-refractivity contribution in [2.75, 3.05) is 26.2 Å². The molecule has 116 valence electrons. The monoisotopic (exact) mass is 298 g/mol. The van der Waals surface area contributed by atoms with Gasteiger partial charge in [0, 0.05) is 12.6 Å². The fraction of sp³-hybridized carbons (Fsp3) is 0.882. The van der Waals surface area contributed by atoms with Crippen molar-refractivity contribution in [1.82, 2.24) is 9.80 Å².